The smallest absolute Gasteiger partial charge is 0.227 e. The zero-order chi connectivity index (χ0) is 17.0. The average molecular weight is 343 g/mol. The van der Waals surface area contributed by atoms with Crippen LogP contribution in [0.2, 0.25) is 0 Å². The molecule has 0 bridgehead atoms. The van der Waals surface area contributed by atoms with Crippen LogP contribution in [0.3, 0.4) is 0 Å². The Labute approximate surface area is 148 Å². The molecule has 1 fully saturated rings. The Morgan fingerprint density at radius 3 is 2.79 bits per heavy atom. The molecule has 2 aromatic rings. The molecule has 128 valence electrons. The van der Waals surface area contributed by atoms with Crippen molar-refractivity contribution in [3.8, 4) is 10.4 Å². The van der Waals surface area contributed by atoms with Crippen molar-refractivity contribution in [2.75, 3.05) is 19.6 Å². The normalized spacial score (nSPS) is 20.5. The molecule has 3 nitrogen and oxygen atoms in total. The Kier molecular flexibility index (Phi) is 5.36. The second-order valence-electron chi connectivity index (χ2n) is 7.12. The first kappa shape index (κ1) is 17.2. The predicted molar refractivity (Wildman–Crippen MR) is 101 cm³/mol. The highest BCUT2D eigenvalue weighted by Crippen LogP contribution is 2.35. The van der Waals surface area contributed by atoms with E-state index in [-0.39, 0.29) is 11.3 Å². The van der Waals surface area contributed by atoms with Crippen molar-refractivity contribution in [3.05, 3.63) is 47.3 Å². The van der Waals surface area contributed by atoms with E-state index in [2.05, 4.69) is 66.3 Å². The van der Waals surface area contributed by atoms with Crippen LogP contribution in [0.5, 0.6) is 0 Å². The molecule has 2 N–H and O–H groups in total. The number of rotatable bonds is 6. The first-order valence-corrected chi connectivity index (χ1v) is 9.59. The van der Waals surface area contributed by atoms with Crippen molar-refractivity contribution in [3.63, 3.8) is 0 Å². The average Bonchev–Trinajstić information content (AvgIpc) is 3.25. The highest BCUT2D eigenvalue weighted by atomic mass is 32.1. The fourth-order valence-corrected chi connectivity index (χ4v) is 4.15. The molecule has 0 saturated carbocycles. The van der Waals surface area contributed by atoms with Crippen LogP contribution in [0.15, 0.2) is 41.8 Å². The lowest BCUT2D eigenvalue weighted by Gasteiger charge is -2.28. The van der Waals surface area contributed by atoms with E-state index in [1.807, 2.05) is 0 Å². The molecule has 0 radical (unpaired) electrons. The second kappa shape index (κ2) is 7.49. The van der Waals surface area contributed by atoms with Crippen molar-refractivity contribution < 1.29 is 4.79 Å². The number of amides is 1. The van der Waals surface area contributed by atoms with E-state index in [9.17, 15) is 4.79 Å². The molecule has 4 heteroatoms. The van der Waals surface area contributed by atoms with Gasteiger partial charge < -0.3 is 10.6 Å². The predicted octanol–water partition coefficient (Wildman–Crippen LogP) is 3.71. The number of benzene rings is 1. The van der Waals surface area contributed by atoms with Crippen LogP contribution in [-0.2, 0) is 11.2 Å². The van der Waals surface area contributed by atoms with Gasteiger partial charge in [0.1, 0.15) is 0 Å². The van der Waals surface area contributed by atoms with Crippen molar-refractivity contribution >= 4 is 17.2 Å². The standard InChI is InChI=1S/C20H26N2OS/c1-15(2)13-22-19(23)20(9-10-21-14-20)12-16-6-3-4-7-17(16)18-8-5-11-24-18/h3-8,11,15,21H,9-10,12-14H2,1-2H3,(H,22,23). The van der Waals surface area contributed by atoms with E-state index in [1.54, 1.807) is 11.3 Å². The lowest BCUT2D eigenvalue weighted by molar-refractivity contribution is -0.130. The van der Waals surface area contributed by atoms with Gasteiger partial charge in [0.25, 0.3) is 0 Å². The summed E-state index contributed by atoms with van der Waals surface area (Å²) < 4.78 is 0. The molecule has 0 aliphatic carbocycles. The molecule has 2 heterocycles. The lowest BCUT2D eigenvalue weighted by Crippen LogP contribution is -2.45. The Morgan fingerprint density at radius 2 is 2.12 bits per heavy atom. The maximum Gasteiger partial charge on any atom is 0.227 e. The quantitative estimate of drug-likeness (QED) is 0.840. The van der Waals surface area contributed by atoms with Crippen molar-refractivity contribution in [1.29, 1.82) is 0 Å². The minimum absolute atomic E-state index is 0.196. The zero-order valence-corrected chi connectivity index (χ0v) is 15.3. The summed E-state index contributed by atoms with van der Waals surface area (Å²) in [6, 6.07) is 12.7. The largest absolute Gasteiger partial charge is 0.355 e. The Balaban J connectivity index is 1.86. The second-order valence-corrected chi connectivity index (χ2v) is 8.07. The van der Waals surface area contributed by atoms with Gasteiger partial charge in [0.2, 0.25) is 5.91 Å². The number of thiophene rings is 1. The molecule has 1 atom stereocenters. The lowest BCUT2D eigenvalue weighted by atomic mass is 9.78. The highest BCUT2D eigenvalue weighted by molar-refractivity contribution is 7.13. The van der Waals surface area contributed by atoms with E-state index >= 15 is 0 Å². The Bertz CT molecular complexity index is 673. The summed E-state index contributed by atoms with van der Waals surface area (Å²) in [5.41, 5.74) is 2.20. The summed E-state index contributed by atoms with van der Waals surface area (Å²) in [7, 11) is 0. The number of hydrogen-bond donors (Lipinski definition) is 2. The molecule has 1 aromatic heterocycles. The van der Waals surface area contributed by atoms with Crippen LogP contribution in [0.1, 0.15) is 25.8 Å². The molecule has 0 spiro atoms. The van der Waals surface area contributed by atoms with E-state index in [0.29, 0.717) is 5.92 Å². The van der Waals surface area contributed by atoms with Crippen LogP contribution < -0.4 is 10.6 Å². The third kappa shape index (κ3) is 3.70. The molecule has 1 saturated heterocycles. The zero-order valence-electron chi connectivity index (χ0n) is 14.5. The molecular formula is C20H26N2OS. The first-order chi connectivity index (χ1) is 11.6. The monoisotopic (exact) mass is 342 g/mol. The molecule has 1 aliphatic heterocycles. The van der Waals surface area contributed by atoms with Gasteiger partial charge >= 0.3 is 0 Å². The topological polar surface area (TPSA) is 41.1 Å². The Morgan fingerprint density at radius 1 is 1.29 bits per heavy atom. The van der Waals surface area contributed by atoms with Crippen molar-refractivity contribution in [1.82, 2.24) is 10.6 Å². The van der Waals surface area contributed by atoms with Gasteiger partial charge in [-0.25, -0.2) is 0 Å². The van der Waals surface area contributed by atoms with E-state index in [1.165, 1.54) is 16.0 Å². The number of carbonyl (C=O) groups excluding carboxylic acids is 1. The number of carbonyl (C=O) groups is 1. The van der Waals surface area contributed by atoms with E-state index in [4.69, 9.17) is 0 Å². The first-order valence-electron chi connectivity index (χ1n) is 8.71. The van der Waals surface area contributed by atoms with Crippen molar-refractivity contribution in [2.24, 2.45) is 11.3 Å². The van der Waals surface area contributed by atoms with Crippen LogP contribution in [0.4, 0.5) is 0 Å². The maximum absolute atomic E-state index is 12.9. The summed E-state index contributed by atoms with van der Waals surface area (Å²) in [4.78, 5) is 14.2. The highest BCUT2D eigenvalue weighted by Gasteiger charge is 2.41. The van der Waals surface area contributed by atoms with Crippen LogP contribution >= 0.6 is 11.3 Å². The third-order valence-corrected chi connectivity index (χ3v) is 5.63. The Hall–Kier alpha value is -1.65. The van der Waals surface area contributed by atoms with Crippen molar-refractivity contribution in [2.45, 2.75) is 26.7 Å². The summed E-state index contributed by atoms with van der Waals surface area (Å²) in [6.45, 7) is 6.68. The summed E-state index contributed by atoms with van der Waals surface area (Å²) in [5, 5.41) is 8.67. The maximum atomic E-state index is 12.9. The SMILES string of the molecule is CC(C)CNC(=O)C1(Cc2ccccc2-c2cccs2)CCNC1. The third-order valence-electron chi connectivity index (χ3n) is 4.73. The summed E-state index contributed by atoms with van der Waals surface area (Å²) in [6.07, 6.45) is 1.69. The number of nitrogens with one attached hydrogen (secondary N) is 2. The molecule has 1 amide bonds. The van der Waals surface area contributed by atoms with Gasteiger partial charge in [-0.3, -0.25) is 4.79 Å². The summed E-state index contributed by atoms with van der Waals surface area (Å²) >= 11 is 1.75. The number of hydrogen-bond acceptors (Lipinski definition) is 3. The molecule has 3 rings (SSSR count). The fraction of sp³-hybridized carbons (Fsp3) is 0.450. The molecule has 24 heavy (non-hydrogen) atoms. The minimum Gasteiger partial charge on any atom is -0.355 e. The molecule has 1 unspecified atom stereocenters. The minimum atomic E-state index is -0.331. The van der Waals surface area contributed by atoms with Gasteiger partial charge in [-0.15, -0.1) is 11.3 Å². The molecular weight excluding hydrogens is 316 g/mol. The van der Waals surface area contributed by atoms with Gasteiger partial charge in [-0.1, -0.05) is 44.2 Å². The van der Waals surface area contributed by atoms with Crippen LogP contribution in [-0.4, -0.2) is 25.5 Å². The summed E-state index contributed by atoms with van der Waals surface area (Å²) in [5.74, 6) is 0.668. The van der Waals surface area contributed by atoms with Crippen LogP contribution in [0.25, 0.3) is 10.4 Å². The molecule has 1 aromatic carbocycles. The van der Waals surface area contributed by atoms with Gasteiger partial charge in [0.05, 0.1) is 5.41 Å². The van der Waals surface area contributed by atoms with Gasteiger partial charge in [0, 0.05) is 18.0 Å². The van der Waals surface area contributed by atoms with E-state index in [0.717, 1.165) is 32.5 Å². The van der Waals surface area contributed by atoms with Gasteiger partial charge in [-0.2, -0.15) is 0 Å². The fourth-order valence-electron chi connectivity index (χ4n) is 3.36. The van der Waals surface area contributed by atoms with Crippen LogP contribution in [0, 0.1) is 11.3 Å². The van der Waals surface area contributed by atoms with E-state index < -0.39 is 0 Å². The van der Waals surface area contributed by atoms with Gasteiger partial charge in [0.15, 0.2) is 0 Å². The molecule has 1 aliphatic rings. The van der Waals surface area contributed by atoms with Gasteiger partial charge in [-0.05, 0) is 47.9 Å².